The van der Waals surface area contributed by atoms with E-state index in [2.05, 4.69) is 14.7 Å². The highest BCUT2D eigenvalue weighted by Gasteiger charge is 2.23. The topological polar surface area (TPSA) is 134 Å². The van der Waals surface area contributed by atoms with Gasteiger partial charge in [0.1, 0.15) is 17.8 Å². The molecule has 0 radical (unpaired) electrons. The average Bonchev–Trinajstić information content (AvgIpc) is 2.98. The predicted molar refractivity (Wildman–Crippen MR) is 169 cm³/mol. The zero-order chi connectivity index (χ0) is 32.3. The summed E-state index contributed by atoms with van der Waals surface area (Å²) in [6.07, 6.45) is 5.63. The number of carbonyl (C=O) groups is 2. The second-order valence-corrected chi connectivity index (χ2v) is 12.9. The van der Waals surface area contributed by atoms with Crippen LogP contribution in [0.3, 0.4) is 0 Å². The van der Waals surface area contributed by atoms with Crippen LogP contribution in [0, 0.1) is 0 Å². The van der Waals surface area contributed by atoms with Crippen molar-refractivity contribution in [2.24, 2.45) is 0 Å². The van der Waals surface area contributed by atoms with E-state index in [1.807, 2.05) is 27.7 Å². The fourth-order valence-electron chi connectivity index (χ4n) is 4.15. The molecule has 44 heavy (non-hydrogen) atoms. The molecule has 0 spiro atoms. The van der Waals surface area contributed by atoms with E-state index in [1.54, 1.807) is 54.6 Å². The lowest BCUT2D eigenvalue weighted by molar-refractivity contribution is -0.120. The lowest BCUT2D eigenvalue weighted by Gasteiger charge is -2.19. The Morgan fingerprint density at radius 1 is 1.00 bits per heavy atom. The first-order chi connectivity index (χ1) is 20.9. The number of allylic oxidation sites excluding steroid dienone is 2. The number of rotatable bonds is 16. The monoisotopic (exact) mass is 623 g/mol. The summed E-state index contributed by atoms with van der Waals surface area (Å²) in [6, 6.07) is 13.4. The van der Waals surface area contributed by atoms with Gasteiger partial charge in [-0.1, -0.05) is 58.4 Å². The fraction of sp³-hybridized carbons (Fsp3) is 0.394. The van der Waals surface area contributed by atoms with Crippen molar-refractivity contribution >= 4 is 27.4 Å². The van der Waals surface area contributed by atoms with Crippen molar-refractivity contribution in [1.29, 1.82) is 0 Å². The van der Waals surface area contributed by atoms with Gasteiger partial charge in [-0.05, 0) is 61.4 Å². The maximum atomic E-state index is 13.4. The van der Waals surface area contributed by atoms with Gasteiger partial charge in [0.05, 0.1) is 24.2 Å². The van der Waals surface area contributed by atoms with Crippen LogP contribution in [0.25, 0.3) is 0 Å². The summed E-state index contributed by atoms with van der Waals surface area (Å²) >= 11 is 0. The number of ether oxygens (including phenoxy) is 3. The van der Waals surface area contributed by atoms with Gasteiger partial charge in [0, 0.05) is 12.5 Å². The standard InChI is InChI=1S/C33H41N3O7S/c1-7-8-15-29(38)28(23(2)37)14-9-10-20-42-32-30(43-26-13-11-12-25(21-26)41-6)31(34-22-35-32)36-44(39,40)27-18-16-24(17-19-27)33(3,4)5/h11-14,16-19,21-22H,7-10,15,20H2,1-6H3,(H,34,35,36)/b28-14+. The minimum absolute atomic E-state index is 0.0124. The molecule has 0 bridgehead atoms. The Bertz CT molecular complexity index is 1580. The number of hydrogen-bond acceptors (Lipinski definition) is 9. The molecule has 0 amide bonds. The zero-order valence-electron chi connectivity index (χ0n) is 26.2. The molecule has 3 rings (SSSR count). The molecule has 236 valence electrons. The lowest BCUT2D eigenvalue weighted by Crippen LogP contribution is -2.16. The van der Waals surface area contributed by atoms with Crippen LogP contribution < -0.4 is 18.9 Å². The van der Waals surface area contributed by atoms with Crippen LogP contribution in [0.1, 0.15) is 72.3 Å². The molecule has 11 heteroatoms. The van der Waals surface area contributed by atoms with Crippen LogP contribution in [-0.2, 0) is 25.0 Å². The van der Waals surface area contributed by atoms with Gasteiger partial charge in [0.2, 0.25) is 5.75 Å². The number of sulfonamides is 1. The summed E-state index contributed by atoms with van der Waals surface area (Å²) in [5, 5.41) is 0. The van der Waals surface area contributed by atoms with Crippen LogP contribution in [0.4, 0.5) is 5.82 Å². The molecule has 0 aliphatic rings. The first kappa shape index (κ1) is 34.2. The van der Waals surface area contributed by atoms with E-state index in [-0.39, 0.29) is 51.5 Å². The molecule has 2 aromatic carbocycles. The van der Waals surface area contributed by atoms with Gasteiger partial charge in [-0.2, -0.15) is 4.98 Å². The van der Waals surface area contributed by atoms with Gasteiger partial charge in [-0.25, -0.2) is 13.4 Å². The molecule has 0 aliphatic carbocycles. The van der Waals surface area contributed by atoms with E-state index in [1.165, 1.54) is 20.4 Å². The third-order valence-electron chi connectivity index (χ3n) is 6.67. The van der Waals surface area contributed by atoms with Crippen molar-refractivity contribution in [3.8, 4) is 23.1 Å². The van der Waals surface area contributed by atoms with Crippen LogP contribution >= 0.6 is 0 Å². The number of methoxy groups -OCH3 is 1. The molecule has 1 heterocycles. The lowest BCUT2D eigenvalue weighted by atomic mass is 9.87. The molecule has 0 unspecified atom stereocenters. The quantitative estimate of drug-likeness (QED) is 0.0790. The summed E-state index contributed by atoms with van der Waals surface area (Å²) in [5.74, 6) is 0.321. The van der Waals surface area contributed by atoms with Gasteiger partial charge in [0.15, 0.2) is 17.4 Å². The number of nitrogens with zero attached hydrogens (tertiary/aromatic N) is 2. The number of hydrogen-bond donors (Lipinski definition) is 1. The molecule has 3 aromatic rings. The van der Waals surface area contributed by atoms with Gasteiger partial charge in [-0.3, -0.25) is 14.3 Å². The Labute approximate surface area is 259 Å². The molecule has 0 aliphatic heterocycles. The Morgan fingerprint density at radius 2 is 1.70 bits per heavy atom. The number of ketones is 2. The molecule has 1 aromatic heterocycles. The molecule has 0 saturated carbocycles. The summed E-state index contributed by atoms with van der Waals surface area (Å²) in [5.41, 5.74) is 1.06. The van der Waals surface area contributed by atoms with Gasteiger partial charge < -0.3 is 14.2 Å². The second-order valence-electron chi connectivity index (χ2n) is 11.2. The van der Waals surface area contributed by atoms with E-state index in [0.29, 0.717) is 30.8 Å². The van der Waals surface area contributed by atoms with Crippen LogP contribution in [-0.4, -0.2) is 43.7 Å². The summed E-state index contributed by atoms with van der Waals surface area (Å²) in [4.78, 5) is 32.8. The highest BCUT2D eigenvalue weighted by molar-refractivity contribution is 7.92. The Kier molecular flexibility index (Phi) is 12.0. The van der Waals surface area contributed by atoms with Crippen molar-refractivity contribution in [3.05, 3.63) is 72.1 Å². The van der Waals surface area contributed by atoms with Crippen LogP contribution in [0.2, 0.25) is 0 Å². The molecular weight excluding hydrogens is 582 g/mol. The minimum Gasteiger partial charge on any atom is -0.497 e. The Hall–Kier alpha value is -4.25. The number of nitrogens with one attached hydrogen (secondary N) is 1. The number of carbonyl (C=O) groups excluding carboxylic acids is 2. The largest absolute Gasteiger partial charge is 0.497 e. The first-order valence-corrected chi connectivity index (χ1v) is 16.0. The maximum Gasteiger partial charge on any atom is 0.263 e. The molecule has 0 saturated heterocycles. The second kappa shape index (κ2) is 15.5. The van der Waals surface area contributed by atoms with E-state index < -0.39 is 10.0 Å². The van der Waals surface area contributed by atoms with Crippen molar-refractivity contribution < 1.29 is 32.2 Å². The number of anilines is 1. The SMILES string of the molecule is CCCCC(=O)/C(=C/CCCOc1ncnc(NS(=O)(=O)c2ccc(C(C)(C)C)cc2)c1Oc1cccc(OC)c1)C(C)=O. The van der Waals surface area contributed by atoms with Gasteiger partial charge >= 0.3 is 0 Å². The third-order valence-corrected chi connectivity index (χ3v) is 8.02. The van der Waals surface area contributed by atoms with Crippen LogP contribution in [0.15, 0.2) is 71.4 Å². The van der Waals surface area contributed by atoms with Gasteiger partial charge in [-0.15, -0.1) is 0 Å². The summed E-state index contributed by atoms with van der Waals surface area (Å²) in [6.45, 7) is 9.66. The Balaban J connectivity index is 1.85. The van der Waals surface area contributed by atoms with Crippen molar-refractivity contribution in [2.45, 2.75) is 77.0 Å². The van der Waals surface area contributed by atoms with E-state index in [0.717, 1.165) is 18.4 Å². The first-order valence-electron chi connectivity index (χ1n) is 14.5. The Morgan fingerprint density at radius 3 is 2.34 bits per heavy atom. The molecule has 0 atom stereocenters. The summed E-state index contributed by atoms with van der Waals surface area (Å²) in [7, 11) is -2.53. The average molecular weight is 624 g/mol. The number of unbranched alkanes of at least 4 members (excludes halogenated alkanes) is 2. The molecule has 10 nitrogen and oxygen atoms in total. The third kappa shape index (κ3) is 9.63. The van der Waals surface area contributed by atoms with Crippen molar-refractivity contribution in [1.82, 2.24) is 9.97 Å². The van der Waals surface area contributed by atoms with E-state index in [9.17, 15) is 18.0 Å². The van der Waals surface area contributed by atoms with E-state index >= 15 is 0 Å². The molecular formula is C33H41N3O7S. The number of aromatic nitrogens is 2. The molecule has 0 fully saturated rings. The maximum absolute atomic E-state index is 13.4. The van der Waals surface area contributed by atoms with Crippen molar-refractivity contribution in [2.75, 3.05) is 18.4 Å². The number of Topliss-reactive ketones (excluding diaryl/α,β-unsaturated/α-hetero) is 2. The predicted octanol–water partition coefficient (Wildman–Crippen LogP) is 6.81. The smallest absolute Gasteiger partial charge is 0.263 e. The normalized spacial score (nSPS) is 12.0. The highest BCUT2D eigenvalue weighted by atomic mass is 32.2. The van der Waals surface area contributed by atoms with Crippen LogP contribution in [0.5, 0.6) is 23.1 Å². The minimum atomic E-state index is -4.05. The number of benzene rings is 2. The molecule has 1 N–H and O–H groups in total. The highest BCUT2D eigenvalue weighted by Crippen LogP contribution is 2.37. The zero-order valence-corrected chi connectivity index (χ0v) is 27.0. The van der Waals surface area contributed by atoms with Gasteiger partial charge in [0.25, 0.3) is 15.9 Å². The van der Waals surface area contributed by atoms with Crippen molar-refractivity contribution in [3.63, 3.8) is 0 Å². The van der Waals surface area contributed by atoms with E-state index in [4.69, 9.17) is 14.2 Å². The summed E-state index contributed by atoms with van der Waals surface area (Å²) < 4.78 is 46.5. The fourth-order valence-corrected chi connectivity index (χ4v) is 5.16.